The SMILES string of the molecule is CCCCCCCOc1ccc(-c2ccc(C3(C#N)CCCC(Cl)C3)cc2)cc1. The molecule has 1 aliphatic rings. The van der Waals surface area contributed by atoms with Gasteiger partial charge >= 0.3 is 0 Å². The van der Waals surface area contributed by atoms with E-state index in [4.69, 9.17) is 16.3 Å². The molecule has 2 nitrogen and oxygen atoms in total. The van der Waals surface area contributed by atoms with Crippen molar-refractivity contribution < 1.29 is 4.74 Å². The van der Waals surface area contributed by atoms with Crippen molar-refractivity contribution in [2.24, 2.45) is 0 Å². The lowest BCUT2D eigenvalue weighted by Crippen LogP contribution is -2.31. The number of rotatable bonds is 9. The van der Waals surface area contributed by atoms with E-state index in [1.165, 1.54) is 25.7 Å². The molecule has 154 valence electrons. The van der Waals surface area contributed by atoms with Gasteiger partial charge in [0.2, 0.25) is 0 Å². The minimum Gasteiger partial charge on any atom is -0.494 e. The Balaban J connectivity index is 1.59. The summed E-state index contributed by atoms with van der Waals surface area (Å²) in [5, 5.41) is 9.94. The summed E-state index contributed by atoms with van der Waals surface area (Å²) in [6.07, 6.45) is 9.92. The van der Waals surface area contributed by atoms with Crippen LogP contribution in [0.3, 0.4) is 0 Å². The second kappa shape index (κ2) is 10.7. The van der Waals surface area contributed by atoms with Crippen molar-refractivity contribution in [2.45, 2.75) is 75.5 Å². The molecule has 0 radical (unpaired) electrons. The maximum atomic E-state index is 9.84. The van der Waals surface area contributed by atoms with Gasteiger partial charge in [-0.1, -0.05) is 75.4 Å². The van der Waals surface area contributed by atoms with E-state index in [0.29, 0.717) is 0 Å². The Morgan fingerprint density at radius 2 is 1.66 bits per heavy atom. The van der Waals surface area contributed by atoms with E-state index < -0.39 is 5.41 Å². The molecule has 2 atom stereocenters. The van der Waals surface area contributed by atoms with Gasteiger partial charge in [-0.15, -0.1) is 11.6 Å². The molecular weight excluding hydrogens is 378 g/mol. The highest BCUT2D eigenvalue weighted by Gasteiger charge is 2.37. The number of halogens is 1. The molecule has 0 aromatic heterocycles. The van der Waals surface area contributed by atoms with Crippen molar-refractivity contribution in [3.8, 4) is 22.9 Å². The summed E-state index contributed by atoms with van der Waals surface area (Å²) in [7, 11) is 0. The summed E-state index contributed by atoms with van der Waals surface area (Å²) in [5.74, 6) is 0.930. The first kappa shape index (κ1) is 21.7. The number of alkyl halides is 1. The normalized spacial score (nSPS) is 21.5. The molecule has 3 heteroatoms. The molecule has 3 rings (SSSR count). The number of hydrogen-bond acceptors (Lipinski definition) is 2. The van der Waals surface area contributed by atoms with Crippen LogP contribution in [0.5, 0.6) is 5.75 Å². The van der Waals surface area contributed by atoms with Crippen LogP contribution in [0, 0.1) is 11.3 Å². The molecule has 1 saturated carbocycles. The van der Waals surface area contributed by atoms with E-state index in [2.05, 4.69) is 49.4 Å². The van der Waals surface area contributed by atoms with Gasteiger partial charge < -0.3 is 4.74 Å². The molecule has 29 heavy (non-hydrogen) atoms. The van der Waals surface area contributed by atoms with E-state index in [-0.39, 0.29) is 5.38 Å². The predicted octanol–water partition coefficient (Wildman–Crippen LogP) is 7.65. The Labute approximate surface area is 180 Å². The second-order valence-corrected chi connectivity index (χ2v) is 8.87. The van der Waals surface area contributed by atoms with Gasteiger partial charge in [-0.3, -0.25) is 0 Å². The summed E-state index contributed by atoms with van der Waals surface area (Å²) >= 11 is 6.38. The number of nitrogens with zero attached hydrogens (tertiary/aromatic N) is 1. The Kier molecular flexibility index (Phi) is 8.01. The number of benzene rings is 2. The van der Waals surface area contributed by atoms with Crippen molar-refractivity contribution in [2.75, 3.05) is 6.61 Å². The average Bonchev–Trinajstić information content (AvgIpc) is 2.76. The fourth-order valence-corrected chi connectivity index (χ4v) is 4.67. The van der Waals surface area contributed by atoms with Gasteiger partial charge in [0.15, 0.2) is 0 Å². The maximum Gasteiger partial charge on any atom is 0.119 e. The zero-order chi connectivity index (χ0) is 20.5. The van der Waals surface area contributed by atoms with E-state index >= 15 is 0 Å². The first-order valence-corrected chi connectivity index (χ1v) is 11.5. The van der Waals surface area contributed by atoms with Crippen molar-refractivity contribution in [3.63, 3.8) is 0 Å². The van der Waals surface area contributed by atoms with E-state index in [1.54, 1.807) is 0 Å². The van der Waals surface area contributed by atoms with Crippen LogP contribution in [0.15, 0.2) is 48.5 Å². The Hall–Kier alpha value is -1.98. The molecule has 0 aliphatic heterocycles. The number of hydrogen-bond donors (Lipinski definition) is 0. The van der Waals surface area contributed by atoms with Crippen molar-refractivity contribution in [1.29, 1.82) is 5.26 Å². The first-order valence-electron chi connectivity index (χ1n) is 11.1. The summed E-state index contributed by atoms with van der Waals surface area (Å²) in [6.45, 7) is 3.02. The monoisotopic (exact) mass is 409 g/mol. The van der Waals surface area contributed by atoms with Gasteiger partial charge in [0, 0.05) is 5.38 Å². The minimum atomic E-state index is -0.433. The van der Waals surface area contributed by atoms with Crippen molar-refractivity contribution in [1.82, 2.24) is 0 Å². The molecule has 0 N–H and O–H groups in total. The number of ether oxygens (including phenoxy) is 1. The lowest BCUT2D eigenvalue weighted by Gasteiger charge is -2.33. The molecule has 1 fully saturated rings. The fourth-order valence-electron chi connectivity index (χ4n) is 4.26. The summed E-state index contributed by atoms with van der Waals surface area (Å²) in [4.78, 5) is 0. The molecular formula is C26H32ClNO. The van der Waals surface area contributed by atoms with Crippen molar-refractivity contribution >= 4 is 11.6 Å². The van der Waals surface area contributed by atoms with E-state index in [0.717, 1.165) is 61.2 Å². The molecule has 2 unspecified atom stereocenters. The Morgan fingerprint density at radius 3 is 2.28 bits per heavy atom. The van der Waals surface area contributed by atoms with Crippen LogP contribution in [0.25, 0.3) is 11.1 Å². The smallest absolute Gasteiger partial charge is 0.119 e. The van der Waals surface area contributed by atoms with Gasteiger partial charge in [0.1, 0.15) is 5.75 Å². The Morgan fingerprint density at radius 1 is 1.00 bits per heavy atom. The molecule has 2 aromatic carbocycles. The zero-order valence-electron chi connectivity index (χ0n) is 17.5. The highest BCUT2D eigenvalue weighted by atomic mass is 35.5. The minimum absolute atomic E-state index is 0.0993. The van der Waals surface area contributed by atoms with Gasteiger partial charge in [0.25, 0.3) is 0 Å². The average molecular weight is 410 g/mol. The molecule has 0 amide bonds. The van der Waals surface area contributed by atoms with Crippen LogP contribution < -0.4 is 4.74 Å². The van der Waals surface area contributed by atoms with Crippen LogP contribution in [-0.2, 0) is 5.41 Å². The van der Waals surface area contributed by atoms with Gasteiger partial charge in [-0.05, 0) is 54.5 Å². The predicted molar refractivity (Wildman–Crippen MR) is 122 cm³/mol. The van der Waals surface area contributed by atoms with E-state index in [1.807, 2.05) is 12.1 Å². The second-order valence-electron chi connectivity index (χ2n) is 8.25. The van der Waals surface area contributed by atoms with Crippen LogP contribution >= 0.6 is 11.6 Å². The third-order valence-corrected chi connectivity index (χ3v) is 6.42. The lowest BCUT2D eigenvalue weighted by molar-refractivity contribution is 0.304. The largest absolute Gasteiger partial charge is 0.494 e. The molecule has 0 bridgehead atoms. The summed E-state index contributed by atoms with van der Waals surface area (Å²) < 4.78 is 5.86. The van der Waals surface area contributed by atoms with Gasteiger partial charge in [0.05, 0.1) is 18.1 Å². The third kappa shape index (κ3) is 5.77. The van der Waals surface area contributed by atoms with Crippen LogP contribution in [0.1, 0.15) is 70.3 Å². The first-order chi connectivity index (χ1) is 14.2. The van der Waals surface area contributed by atoms with Crippen LogP contribution in [0.4, 0.5) is 0 Å². The summed E-state index contributed by atoms with van der Waals surface area (Å²) in [5.41, 5.74) is 2.98. The third-order valence-electron chi connectivity index (χ3n) is 6.05. The molecule has 0 saturated heterocycles. The highest BCUT2D eigenvalue weighted by molar-refractivity contribution is 6.20. The van der Waals surface area contributed by atoms with E-state index in [9.17, 15) is 5.26 Å². The zero-order valence-corrected chi connectivity index (χ0v) is 18.3. The van der Waals surface area contributed by atoms with Crippen LogP contribution in [-0.4, -0.2) is 12.0 Å². The lowest BCUT2D eigenvalue weighted by atomic mass is 9.70. The van der Waals surface area contributed by atoms with Crippen molar-refractivity contribution in [3.05, 3.63) is 54.1 Å². The van der Waals surface area contributed by atoms with Gasteiger partial charge in [-0.25, -0.2) is 0 Å². The fraction of sp³-hybridized carbons (Fsp3) is 0.500. The number of unbranched alkanes of at least 4 members (excludes halogenated alkanes) is 4. The standard InChI is InChI=1S/C26H32ClNO/c1-2-3-4-5-6-18-29-25-15-11-22(12-16-25)21-9-13-23(14-10-21)26(20-28)17-7-8-24(27)19-26/h9-16,24H,2-8,17-19H2,1H3. The molecule has 1 aliphatic carbocycles. The van der Waals surface area contributed by atoms with Crippen LogP contribution in [0.2, 0.25) is 0 Å². The molecule has 0 spiro atoms. The van der Waals surface area contributed by atoms with Gasteiger partial charge in [-0.2, -0.15) is 5.26 Å². The summed E-state index contributed by atoms with van der Waals surface area (Å²) in [6, 6.07) is 19.3. The Bertz CT molecular complexity index is 793. The number of nitriles is 1. The quantitative estimate of drug-likeness (QED) is 0.314. The molecule has 0 heterocycles. The molecule has 2 aromatic rings. The highest BCUT2D eigenvalue weighted by Crippen LogP contribution is 2.41. The maximum absolute atomic E-state index is 9.84. The topological polar surface area (TPSA) is 33.0 Å².